The van der Waals surface area contributed by atoms with E-state index in [1.165, 1.54) is 56.9 Å². The van der Waals surface area contributed by atoms with Crippen LogP contribution in [0.4, 0.5) is 0 Å². The molecule has 2 N–H and O–H groups in total. The molecule has 2 heteroatoms. The van der Waals surface area contributed by atoms with Crippen molar-refractivity contribution in [2.45, 2.75) is 104 Å². The lowest BCUT2D eigenvalue weighted by Gasteiger charge is -2.43. The fourth-order valence-corrected chi connectivity index (χ4v) is 6.36. The molecule has 0 saturated heterocycles. The predicted molar refractivity (Wildman–Crippen MR) is 127 cm³/mol. The highest BCUT2D eigenvalue weighted by Gasteiger charge is 2.49. The van der Waals surface area contributed by atoms with Gasteiger partial charge in [0.25, 0.3) is 0 Å². The number of aliphatic hydroxyl groups is 2. The number of allylic oxidation sites excluding steroid dienone is 4. The molecule has 3 aliphatic rings. The second kappa shape index (κ2) is 9.17. The Labute approximate surface area is 184 Å². The van der Waals surface area contributed by atoms with Gasteiger partial charge in [-0.3, -0.25) is 0 Å². The summed E-state index contributed by atoms with van der Waals surface area (Å²) in [5, 5.41) is 20.3. The monoisotopic (exact) mass is 412 g/mol. The third-order valence-electron chi connectivity index (χ3n) is 8.18. The van der Waals surface area contributed by atoms with Crippen LogP contribution in [0.3, 0.4) is 0 Å². The van der Waals surface area contributed by atoms with Crippen LogP contribution in [-0.2, 0) is 0 Å². The van der Waals surface area contributed by atoms with E-state index < -0.39 is 12.2 Å². The molecule has 0 aromatic heterocycles. The maximum atomic E-state index is 10.1. The van der Waals surface area contributed by atoms with Crippen LogP contribution >= 0.6 is 0 Å². The largest absolute Gasteiger partial charge is 0.388 e. The molecule has 30 heavy (non-hydrogen) atoms. The molecule has 0 aromatic rings. The molecule has 0 radical (unpaired) electrons. The van der Waals surface area contributed by atoms with Crippen LogP contribution < -0.4 is 0 Å². The van der Waals surface area contributed by atoms with E-state index in [1.54, 1.807) is 5.57 Å². The van der Waals surface area contributed by atoms with Crippen molar-refractivity contribution >= 4 is 0 Å². The van der Waals surface area contributed by atoms with Gasteiger partial charge in [0, 0.05) is 0 Å². The molecule has 0 aliphatic heterocycles. The second-order valence-electron chi connectivity index (χ2n) is 11.7. The first kappa shape index (κ1) is 23.5. The summed E-state index contributed by atoms with van der Waals surface area (Å²) >= 11 is 0. The topological polar surface area (TPSA) is 40.5 Å². The number of hydrogen-bond donors (Lipinski definition) is 2. The highest BCUT2D eigenvalue weighted by atomic mass is 16.3. The van der Waals surface area contributed by atoms with Gasteiger partial charge in [-0.15, -0.1) is 0 Å². The normalized spacial score (nSPS) is 36.1. The van der Waals surface area contributed by atoms with Gasteiger partial charge in [-0.2, -0.15) is 0 Å². The molecular weight excluding hydrogens is 368 g/mol. The highest BCUT2D eigenvalue weighted by molar-refractivity contribution is 5.30. The third-order valence-corrected chi connectivity index (χ3v) is 8.18. The molecule has 3 saturated carbocycles. The zero-order chi connectivity index (χ0) is 22.1. The SMILES string of the molecule is C=C1[C@H](O)CC(=C/C=C2\CCC[C@]3(C)[C@@H](C(=C)CCCC(C)(C)C)CC[C@@H]23)C[C@H]1O. The third kappa shape index (κ3) is 5.19. The Kier molecular flexibility index (Phi) is 7.19. The average molecular weight is 413 g/mol. The minimum atomic E-state index is -0.609. The molecule has 0 amide bonds. The van der Waals surface area contributed by atoms with E-state index in [-0.39, 0.29) is 0 Å². The lowest BCUT2D eigenvalue weighted by Crippen LogP contribution is -2.34. The summed E-state index contributed by atoms with van der Waals surface area (Å²) in [6, 6.07) is 0. The summed E-state index contributed by atoms with van der Waals surface area (Å²) in [6.45, 7) is 17.9. The molecule has 0 spiro atoms. The van der Waals surface area contributed by atoms with Crippen LogP contribution in [0.25, 0.3) is 0 Å². The van der Waals surface area contributed by atoms with Crippen molar-refractivity contribution in [2.75, 3.05) is 0 Å². The maximum Gasteiger partial charge on any atom is 0.0809 e. The molecule has 5 atom stereocenters. The van der Waals surface area contributed by atoms with Crippen LogP contribution in [0.15, 0.2) is 47.6 Å². The number of hydrogen-bond acceptors (Lipinski definition) is 2. The van der Waals surface area contributed by atoms with Gasteiger partial charge in [0.1, 0.15) is 0 Å². The zero-order valence-corrected chi connectivity index (χ0v) is 19.8. The van der Waals surface area contributed by atoms with Crippen molar-refractivity contribution in [1.29, 1.82) is 0 Å². The van der Waals surface area contributed by atoms with E-state index in [1.807, 2.05) is 0 Å². The van der Waals surface area contributed by atoms with Gasteiger partial charge < -0.3 is 10.2 Å². The fourth-order valence-electron chi connectivity index (χ4n) is 6.36. The van der Waals surface area contributed by atoms with E-state index in [0.717, 1.165) is 5.57 Å². The smallest absolute Gasteiger partial charge is 0.0809 e. The molecular formula is C28H44O2. The Hall–Kier alpha value is -1.12. The Bertz CT molecular complexity index is 703. The predicted octanol–water partition coefficient (Wildman–Crippen LogP) is 6.90. The average Bonchev–Trinajstić information content (AvgIpc) is 3.00. The van der Waals surface area contributed by atoms with Crippen molar-refractivity contribution in [3.63, 3.8) is 0 Å². The Balaban J connectivity index is 1.68. The van der Waals surface area contributed by atoms with Gasteiger partial charge in [0.2, 0.25) is 0 Å². The van der Waals surface area contributed by atoms with E-state index in [9.17, 15) is 10.2 Å². The molecule has 3 fully saturated rings. The van der Waals surface area contributed by atoms with E-state index in [0.29, 0.717) is 41.1 Å². The first-order valence-corrected chi connectivity index (χ1v) is 12.1. The lowest BCUT2D eigenvalue weighted by atomic mass is 9.62. The summed E-state index contributed by atoms with van der Waals surface area (Å²) in [5.41, 5.74) is 5.53. The molecule has 0 heterocycles. The van der Waals surface area contributed by atoms with Crippen molar-refractivity contribution in [3.8, 4) is 0 Å². The van der Waals surface area contributed by atoms with Gasteiger partial charge in [-0.25, -0.2) is 0 Å². The van der Waals surface area contributed by atoms with Gasteiger partial charge in [-0.05, 0) is 92.4 Å². The van der Waals surface area contributed by atoms with Crippen LogP contribution in [0.1, 0.15) is 91.9 Å². The van der Waals surface area contributed by atoms with Crippen LogP contribution in [0.2, 0.25) is 0 Å². The summed E-state index contributed by atoms with van der Waals surface area (Å²) in [6.07, 6.45) is 14.5. The lowest BCUT2D eigenvalue weighted by molar-refractivity contribution is 0.123. The molecule has 168 valence electrons. The summed E-state index contributed by atoms with van der Waals surface area (Å²) in [4.78, 5) is 0. The van der Waals surface area contributed by atoms with Crippen LogP contribution in [-0.4, -0.2) is 22.4 Å². The van der Waals surface area contributed by atoms with E-state index >= 15 is 0 Å². The van der Waals surface area contributed by atoms with Crippen molar-refractivity contribution < 1.29 is 10.2 Å². The van der Waals surface area contributed by atoms with Crippen LogP contribution in [0, 0.1) is 22.7 Å². The van der Waals surface area contributed by atoms with Gasteiger partial charge in [-0.1, -0.05) is 69.7 Å². The van der Waals surface area contributed by atoms with Crippen molar-refractivity contribution in [2.24, 2.45) is 22.7 Å². The summed E-state index contributed by atoms with van der Waals surface area (Å²) in [7, 11) is 0. The Morgan fingerprint density at radius 3 is 2.43 bits per heavy atom. The number of rotatable bonds is 5. The quantitative estimate of drug-likeness (QED) is 0.482. The standard InChI is InChI=1S/C28H44O2/c1-19(9-7-15-27(3,4)5)23-13-14-24-22(10-8-16-28(23,24)6)12-11-21-17-25(29)20(2)26(30)18-21/h11-12,23-26,29-30H,1-2,7-10,13-18H2,3-6H3/b22-12+/t23-,24+,25-,26-,28-/m1/s1. The summed E-state index contributed by atoms with van der Waals surface area (Å²) in [5.74, 6) is 1.31. The molecule has 2 nitrogen and oxygen atoms in total. The van der Waals surface area contributed by atoms with Gasteiger partial charge >= 0.3 is 0 Å². The zero-order valence-electron chi connectivity index (χ0n) is 19.8. The molecule has 3 aliphatic carbocycles. The number of fused-ring (bicyclic) bond motifs is 1. The molecule has 0 bridgehead atoms. The molecule has 0 aromatic carbocycles. The van der Waals surface area contributed by atoms with Gasteiger partial charge in [0.15, 0.2) is 0 Å². The van der Waals surface area contributed by atoms with E-state index in [4.69, 9.17) is 0 Å². The van der Waals surface area contributed by atoms with E-state index in [2.05, 4.69) is 53.0 Å². The van der Waals surface area contributed by atoms with Crippen molar-refractivity contribution in [1.82, 2.24) is 0 Å². The highest BCUT2D eigenvalue weighted by Crippen LogP contribution is 2.59. The molecule has 3 rings (SSSR count). The minimum Gasteiger partial charge on any atom is -0.388 e. The minimum absolute atomic E-state index is 0.348. The first-order chi connectivity index (χ1) is 14.0. The summed E-state index contributed by atoms with van der Waals surface area (Å²) < 4.78 is 0. The van der Waals surface area contributed by atoms with Gasteiger partial charge in [0.05, 0.1) is 12.2 Å². The van der Waals surface area contributed by atoms with Crippen LogP contribution in [0.5, 0.6) is 0 Å². The first-order valence-electron chi connectivity index (χ1n) is 12.1. The second-order valence-corrected chi connectivity index (χ2v) is 11.7. The van der Waals surface area contributed by atoms with Crippen molar-refractivity contribution in [3.05, 3.63) is 47.6 Å². The Morgan fingerprint density at radius 2 is 1.80 bits per heavy atom. The molecule has 0 unspecified atom stereocenters. The maximum absolute atomic E-state index is 10.1. The number of aliphatic hydroxyl groups excluding tert-OH is 2. The fraction of sp³-hybridized carbons (Fsp3) is 0.714. The Morgan fingerprint density at radius 1 is 1.13 bits per heavy atom.